The lowest BCUT2D eigenvalue weighted by Gasteiger charge is -2.37. The first-order chi connectivity index (χ1) is 20.9. The minimum Gasteiger partial charge on any atom is -0.489 e. The highest BCUT2D eigenvalue weighted by Crippen LogP contribution is 2.38. The van der Waals surface area contributed by atoms with E-state index in [0.29, 0.717) is 47.5 Å². The van der Waals surface area contributed by atoms with Gasteiger partial charge in [-0.25, -0.2) is 9.59 Å². The van der Waals surface area contributed by atoms with Crippen LogP contribution in [-0.2, 0) is 28.6 Å². The number of hydrogen-bond donors (Lipinski definition) is 3. The molecule has 3 aromatic rings. The van der Waals surface area contributed by atoms with Crippen molar-refractivity contribution in [3.05, 3.63) is 106 Å². The molecule has 0 fully saturated rings. The van der Waals surface area contributed by atoms with Gasteiger partial charge in [0.2, 0.25) is 0 Å². The molecule has 5 rings (SSSR count). The van der Waals surface area contributed by atoms with E-state index in [9.17, 15) is 27.6 Å². The molecule has 0 spiro atoms. The Morgan fingerprint density at radius 3 is 2.23 bits per heavy atom. The van der Waals surface area contributed by atoms with Crippen LogP contribution in [0.25, 0.3) is 0 Å². The number of alkyl halides is 3. The van der Waals surface area contributed by atoms with E-state index < -0.39 is 29.6 Å². The molecule has 1 atom stereocenters. The predicted octanol–water partition coefficient (Wildman–Crippen LogP) is 5.87. The first-order valence-electron chi connectivity index (χ1n) is 13.8. The molecule has 0 saturated heterocycles. The van der Waals surface area contributed by atoms with Crippen molar-refractivity contribution in [1.29, 1.82) is 0 Å². The van der Waals surface area contributed by atoms with E-state index in [-0.39, 0.29) is 18.2 Å². The molecule has 0 bridgehead atoms. The van der Waals surface area contributed by atoms with E-state index >= 15 is 0 Å². The maximum Gasteiger partial charge on any atom is 0.416 e. The molecule has 232 valence electrons. The van der Waals surface area contributed by atoms with Crippen LogP contribution in [-0.4, -0.2) is 53.8 Å². The van der Waals surface area contributed by atoms with Crippen LogP contribution in [0, 0.1) is 5.92 Å². The second kappa shape index (κ2) is 14.4. The normalized spacial score (nSPS) is 16.0. The first-order valence-corrected chi connectivity index (χ1v) is 14.1. The van der Waals surface area contributed by atoms with E-state index in [0.717, 1.165) is 31.5 Å². The van der Waals surface area contributed by atoms with E-state index in [1.165, 1.54) is 28.2 Å². The summed E-state index contributed by atoms with van der Waals surface area (Å²) in [7, 11) is 0. The third-order valence-corrected chi connectivity index (χ3v) is 7.46. The van der Waals surface area contributed by atoms with Crippen LogP contribution in [0.5, 0.6) is 5.75 Å². The van der Waals surface area contributed by atoms with Gasteiger partial charge in [-0.15, -0.1) is 0 Å². The highest BCUT2D eigenvalue weighted by molar-refractivity contribution is 6.31. The molecule has 1 aliphatic heterocycles. The zero-order valence-corrected chi connectivity index (χ0v) is 24.1. The minimum absolute atomic E-state index is 0.0284. The van der Waals surface area contributed by atoms with Crippen LogP contribution in [0.15, 0.2) is 78.9 Å². The number of fused-ring (bicyclic) bond motifs is 2. The molecule has 1 aliphatic carbocycles. The number of rotatable bonds is 8. The molecule has 1 amide bonds. The van der Waals surface area contributed by atoms with Gasteiger partial charge in [0, 0.05) is 22.7 Å². The first kappa shape index (κ1) is 32.6. The van der Waals surface area contributed by atoms with Crippen LogP contribution in [0.3, 0.4) is 0 Å². The highest BCUT2D eigenvalue weighted by atomic mass is 35.5. The van der Waals surface area contributed by atoms with Crippen LogP contribution in [0.4, 0.5) is 18.9 Å². The lowest BCUT2D eigenvalue weighted by atomic mass is 10.0. The standard InChI is InChI=1S/C28H26ClF3N2O2.C4H4O4/c29-23-8-9-26-25(15-23)34(27(35)21-6-3-7-22(14-21)28(30,31)32)24(17-36-26)10-11-33-16-18-12-19-4-1-2-5-20(19)13-18;5-3(6)1-2-4(7)8/h1-9,14-15,18,24,33H,10-13,16-17H2;1-2H,(H,5,6)(H,7,8)/b;2-1+. The zero-order chi connectivity index (χ0) is 31.9. The van der Waals surface area contributed by atoms with Gasteiger partial charge in [-0.1, -0.05) is 41.9 Å². The van der Waals surface area contributed by atoms with Crippen molar-refractivity contribution in [3.63, 3.8) is 0 Å². The van der Waals surface area contributed by atoms with Gasteiger partial charge in [0.15, 0.2) is 0 Å². The fourth-order valence-electron chi connectivity index (χ4n) is 5.23. The van der Waals surface area contributed by atoms with Crippen molar-refractivity contribution in [2.24, 2.45) is 5.92 Å². The van der Waals surface area contributed by atoms with Crippen molar-refractivity contribution in [2.75, 3.05) is 24.6 Å². The maximum absolute atomic E-state index is 13.6. The fourth-order valence-corrected chi connectivity index (χ4v) is 5.39. The number of carbonyl (C=O) groups is 3. The second-order valence-electron chi connectivity index (χ2n) is 10.4. The SMILES string of the molecule is O=C(O)/C=C/C(=O)O.O=C(c1cccc(C(F)(F)F)c1)N1c2cc(Cl)ccc2OCC1CCNCC1Cc2ccccc2C1. The molecule has 0 saturated carbocycles. The van der Waals surface area contributed by atoms with Crippen LogP contribution in [0.1, 0.15) is 33.5 Å². The monoisotopic (exact) mass is 630 g/mol. The summed E-state index contributed by atoms with van der Waals surface area (Å²) in [5.74, 6) is -2.02. The lowest BCUT2D eigenvalue weighted by molar-refractivity contribution is -0.137. The Kier molecular flexibility index (Phi) is 10.7. The Morgan fingerprint density at radius 2 is 1.61 bits per heavy atom. The van der Waals surface area contributed by atoms with E-state index in [2.05, 4.69) is 29.6 Å². The number of halogens is 4. The van der Waals surface area contributed by atoms with Crippen LogP contribution < -0.4 is 15.0 Å². The number of nitrogens with zero attached hydrogens (tertiary/aromatic N) is 1. The van der Waals surface area contributed by atoms with Gasteiger partial charge >= 0.3 is 18.1 Å². The van der Waals surface area contributed by atoms with Gasteiger partial charge in [-0.2, -0.15) is 13.2 Å². The molecule has 2 aliphatic rings. The number of anilines is 1. The predicted molar refractivity (Wildman–Crippen MR) is 158 cm³/mol. The summed E-state index contributed by atoms with van der Waals surface area (Å²) in [5, 5.41) is 19.5. The van der Waals surface area contributed by atoms with Crippen molar-refractivity contribution in [3.8, 4) is 5.75 Å². The fraction of sp³-hybridized carbons (Fsp3) is 0.281. The van der Waals surface area contributed by atoms with Crippen molar-refractivity contribution >= 4 is 35.1 Å². The Balaban J connectivity index is 0.000000488. The summed E-state index contributed by atoms with van der Waals surface area (Å²) >= 11 is 6.21. The average Bonchev–Trinajstić information content (AvgIpc) is 3.40. The summed E-state index contributed by atoms with van der Waals surface area (Å²) in [4.78, 5) is 34.2. The van der Waals surface area contributed by atoms with Crippen molar-refractivity contribution in [1.82, 2.24) is 5.32 Å². The number of benzene rings is 3. The Bertz CT molecular complexity index is 1500. The molecule has 0 radical (unpaired) electrons. The molecule has 1 heterocycles. The Morgan fingerprint density at radius 1 is 0.955 bits per heavy atom. The second-order valence-corrected chi connectivity index (χ2v) is 10.8. The molecule has 12 heteroatoms. The lowest BCUT2D eigenvalue weighted by Crippen LogP contribution is -2.48. The number of amides is 1. The summed E-state index contributed by atoms with van der Waals surface area (Å²) in [6.07, 6.45) is -0.754. The van der Waals surface area contributed by atoms with E-state index in [1.807, 2.05) is 0 Å². The molecule has 8 nitrogen and oxygen atoms in total. The van der Waals surface area contributed by atoms with Gasteiger partial charge in [0.25, 0.3) is 5.91 Å². The van der Waals surface area contributed by atoms with E-state index in [1.54, 1.807) is 18.2 Å². The van der Waals surface area contributed by atoms with Crippen molar-refractivity contribution in [2.45, 2.75) is 31.5 Å². The number of hydrogen-bond acceptors (Lipinski definition) is 5. The summed E-state index contributed by atoms with van der Waals surface area (Å²) in [6.45, 7) is 1.74. The van der Waals surface area contributed by atoms with E-state index in [4.69, 9.17) is 26.6 Å². The minimum atomic E-state index is -4.54. The number of carboxylic acids is 2. The Hall–Kier alpha value is -4.35. The molecule has 3 N–H and O–H groups in total. The molecule has 3 aromatic carbocycles. The molecule has 0 aromatic heterocycles. The van der Waals surface area contributed by atoms with Crippen LogP contribution in [0.2, 0.25) is 5.02 Å². The average molecular weight is 631 g/mol. The molecular weight excluding hydrogens is 601 g/mol. The van der Waals surface area contributed by atoms with Crippen molar-refractivity contribution < 1.29 is 42.5 Å². The largest absolute Gasteiger partial charge is 0.489 e. The molecular formula is C32H30ClF3N2O6. The number of carbonyl (C=O) groups excluding carboxylic acids is 1. The molecule has 44 heavy (non-hydrogen) atoms. The zero-order valence-electron chi connectivity index (χ0n) is 23.4. The number of nitrogens with one attached hydrogen (secondary N) is 1. The summed E-state index contributed by atoms with van der Waals surface area (Å²) in [5.41, 5.74) is 2.38. The maximum atomic E-state index is 13.6. The number of carboxylic acid groups (broad SMARTS) is 2. The van der Waals surface area contributed by atoms with Gasteiger partial charge in [-0.05, 0) is 85.8 Å². The summed E-state index contributed by atoms with van der Waals surface area (Å²) in [6, 6.07) is 17.6. The summed E-state index contributed by atoms with van der Waals surface area (Å²) < 4.78 is 45.8. The topological polar surface area (TPSA) is 116 Å². The van der Waals surface area contributed by atoms with Gasteiger partial charge in [-0.3, -0.25) is 9.69 Å². The van der Waals surface area contributed by atoms with Gasteiger partial charge in [0.1, 0.15) is 12.4 Å². The number of ether oxygens (including phenoxy) is 1. The molecule has 1 unspecified atom stereocenters. The number of aliphatic carboxylic acids is 2. The van der Waals surface area contributed by atoms with Gasteiger partial charge < -0.3 is 20.3 Å². The quantitative estimate of drug-likeness (QED) is 0.210. The highest BCUT2D eigenvalue weighted by Gasteiger charge is 2.35. The third kappa shape index (κ3) is 8.61. The smallest absolute Gasteiger partial charge is 0.416 e. The van der Waals surface area contributed by atoms with Gasteiger partial charge in [0.05, 0.1) is 17.3 Å². The Labute approximate surface area is 256 Å². The third-order valence-electron chi connectivity index (χ3n) is 7.22. The van der Waals surface area contributed by atoms with Crippen LogP contribution >= 0.6 is 11.6 Å².